The minimum Gasteiger partial charge on any atom is -0.496 e. The summed E-state index contributed by atoms with van der Waals surface area (Å²) in [6, 6.07) is 9.85. The number of benzene rings is 2. The third-order valence-corrected chi connectivity index (χ3v) is 4.79. The Kier molecular flexibility index (Phi) is 5.20. The van der Waals surface area contributed by atoms with Gasteiger partial charge in [-0.25, -0.2) is 0 Å². The summed E-state index contributed by atoms with van der Waals surface area (Å²) in [6.07, 6.45) is 0. The molecule has 0 radical (unpaired) electrons. The number of hydrogen-bond acceptors (Lipinski definition) is 7. The lowest BCUT2D eigenvalue weighted by Crippen LogP contribution is -2.48. The third kappa shape index (κ3) is 2.75. The van der Waals surface area contributed by atoms with Crippen LogP contribution in [0.4, 0.5) is 0 Å². The van der Waals surface area contributed by atoms with Gasteiger partial charge >= 0.3 is 0 Å². The molecule has 0 amide bonds. The molecule has 0 aliphatic heterocycles. The summed E-state index contributed by atoms with van der Waals surface area (Å²) in [5.41, 5.74) is -0.738. The van der Waals surface area contributed by atoms with Crippen LogP contribution >= 0.6 is 0 Å². The van der Waals surface area contributed by atoms with Gasteiger partial charge in [0.15, 0.2) is 28.8 Å². The number of rotatable bonds is 7. The molecule has 2 aromatic rings. The molecule has 0 bridgehead atoms. The van der Waals surface area contributed by atoms with Crippen LogP contribution in [0.2, 0.25) is 0 Å². The number of carbonyl (C=O) groups excluding carboxylic acids is 1. The van der Waals surface area contributed by atoms with Crippen LogP contribution in [0.15, 0.2) is 42.2 Å². The molecule has 3 rings (SSSR count). The fourth-order valence-electron chi connectivity index (χ4n) is 3.33. The number of carbonyl (C=O) groups is 1. The maximum atomic E-state index is 13.0. The van der Waals surface area contributed by atoms with Crippen molar-refractivity contribution < 1.29 is 33.6 Å². The quantitative estimate of drug-likeness (QED) is 0.783. The molecule has 0 aromatic heterocycles. The molecule has 1 atom stereocenters. The topological polar surface area (TPSA) is 83.5 Å². The van der Waals surface area contributed by atoms with Crippen molar-refractivity contribution >= 4 is 11.4 Å². The fourth-order valence-corrected chi connectivity index (χ4v) is 3.33. The average molecular weight is 386 g/mol. The lowest BCUT2D eigenvalue weighted by molar-refractivity contribution is -0.136. The number of aliphatic hydroxyl groups is 1. The minimum atomic E-state index is -1.91. The average Bonchev–Trinajstić information content (AvgIpc) is 2.75. The second-order valence-corrected chi connectivity index (χ2v) is 6.09. The van der Waals surface area contributed by atoms with E-state index in [0.29, 0.717) is 34.1 Å². The molecular weight excluding hydrogens is 364 g/mol. The lowest BCUT2D eigenvalue weighted by Gasteiger charge is -2.39. The minimum absolute atomic E-state index is 0.150. The van der Waals surface area contributed by atoms with Crippen molar-refractivity contribution in [2.75, 3.05) is 35.5 Å². The number of Topliss-reactive ketones (excluding diaryl/α,β-unsaturated/α-hetero) is 1. The highest BCUT2D eigenvalue weighted by Gasteiger charge is 2.56. The first-order valence-corrected chi connectivity index (χ1v) is 8.47. The van der Waals surface area contributed by atoms with Crippen LogP contribution in [-0.4, -0.2) is 46.4 Å². The summed E-state index contributed by atoms with van der Waals surface area (Å²) in [5, 5.41) is 11.2. The zero-order chi connectivity index (χ0) is 20.5. The van der Waals surface area contributed by atoms with E-state index in [1.165, 1.54) is 35.5 Å². The van der Waals surface area contributed by atoms with E-state index in [4.69, 9.17) is 23.7 Å². The molecule has 148 valence electrons. The summed E-state index contributed by atoms with van der Waals surface area (Å²) < 4.78 is 26.4. The van der Waals surface area contributed by atoms with Crippen LogP contribution < -0.4 is 18.9 Å². The monoisotopic (exact) mass is 386 g/mol. The predicted octanol–water partition coefficient (Wildman–Crippen LogP) is 2.55. The molecule has 2 aromatic carbocycles. The maximum absolute atomic E-state index is 13.0. The highest BCUT2D eigenvalue weighted by Crippen LogP contribution is 2.50. The van der Waals surface area contributed by atoms with Crippen LogP contribution in [0, 0.1) is 0 Å². The number of ether oxygens (including phenoxy) is 5. The van der Waals surface area contributed by atoms with E-state index in [2.05, 4.69) is 0 Å². The van der Waals surface area contributed by atoms with Crippen molar-refractivity contribution in [1.29, 1.82) is 0 Å². The lowest BCUT2D eigenvalue weighted by atomic mass is 9.71. The third-order valence-electron chi connectivity index (χ3n) is 4.79. The van der Waals surface area contributed by atoms with Crippen molar-refractivity contribution in [2.24, 2.45) is 0 Å². The highest BCUT2D eigenvalue weighted by molar-refractivity contribution is 6.33. The molecule has 28 heavy (non-hydrogen) atoms. The van der Waals surface area contributed by atoms with E-state index in [9.17, 15) is 9.90 Å². The zero-order valence-corrected chi connectivity index (χ0v) is 16.4. The Labute approximate surface area is 163 Å². The van der Waals surface area contributed by atoms with Gasteiger partial charge in [0.2, 0.25) is 11.4 Å². The highest BCUT2D eigenvalue weighted by atomic mass is 16.5. The van der Waals surface area contributed by atoms with E-state index in [1.54, 1.807) is 36.4 Å². The first-order chi connectivity index (χ1) is 13.5. The van der Waals surface area contributed by atoms with Crippen LogP contribution in [0.3, 0.4) is 0 Å². The van der Waals surface area contributed by atoms with Crippen molar-refractivity contribution in [1.82, 2.24) is 0 Å². The zero-order valence-electron chi connectivity index (χ0n) is 16.4. The largest absolute Gasteiger partial charge is 0.496 e. The molecule has 1 N–H and O–H groups in total. The molecule has 1 unspecified atom stereocenters. The Morgan fingerprint density at radius 2 is 1.25 bits per heavy atom. The number of hydrogen-bond donors (Lipinski definition) is 1. The van der Waals surface area contributed by atoms with Crippen LogP contribution in [0.5, 0.6) is 23.0 Å². The molecule has 1 aliphatic carbocycles. The van der Waals surface area contributed by atoms with Gasteiger partial charge in [-0.15, -0.1) is 0 Å². The van der Waals surface area contributed by atoms with Gasteiger partial charge in [0.05, 0.1) is 41.1 Å². The SMILES string of the molecule is COC1=C(c2ccc(OC)c(OC)c2)C(=O)C1(O)c1ccc(OC)c(OC)c1. The summed E-state index contributed by atoms with van der Waals surface area (Å²) in [4.78, 5) is 13.0. The standard InChI is InChI=1S/C21H22O7/c1-24-14-8-6-12(10-16(14)26-3)18-19(22)21(23,20(18)28-5)13-7-9-15(25-2)17(11-13)27-4/h6-11,23H,1-5H3. The summed E-state index contributed by atoms with van der Waals surface area (Å²) in [6.45, 7) is 0. The fraction of sp³-hybridized carbons (Fsp3) is 0.286. The smallest absolute Gasteiger partial charge is 0.211 e. The van der Waals surface area contributed by atoms with E-state index in [-0.39, 0.29) is 11.3 Å². The van der Waals surface area contributed by atoms with E-state index < -0.39 is 11.4 Å². The molecule has 0 heterocycles. The first kappa shape index (κ1) is 19.6. The van der Waals surface area contributed by atoms with Crippen molar-refractivity contribution in [3.63, 3.8) is 0 Å². The Morgan fingerprint density at radius 3 is 1.79 bits per heavy atom. The van der Waals surface area contributed by atoms with E-state index >= 15 is 0 Å². The maximum Gasteiger partial charge on any atom is 0.211 e. The Hall–Kier alpha value is -3.19. The molecular formula is C21H22O7. The molecule has 0 saturated carbocycles. The van der Waals surface area contributed by atoms with Gasteiger partial charge in [0.25, 0.3) is 0 Å². The normalized spacial score (nSPS) is 18.4. The Balaban J connectivity index is 2.11. The summed E-state index contributed by atoms with van der Waals surface area (Å²) in [5.74, 6) is 1.56. The van der Waals surface area contributed by atoms with Gasteiger partial charge in [-0.3, -0.25) is 4.79 Å². The Morgan fingerprint density at radius 1 is 0.714 bits per heavy atom. The molecule has 1 aliphatic rings. The molecule has 7 nitrogen and oxygen atoms in total. The second-order valence-electron chi connectivity index (χ2n) is 6.09. The predicted molar refractivity (Wildman–Crippen MR) is 102 cm³/mol. The van der Waals surface area contributed by atoms with Gasteiger partial charge in [-0.1, -0.05) is 12.1 Å². The molecule has 0 spiro atoms. The van der Waals surface area contributed by atoms with Gasteiger partial charge in [0, 0.05) is 5.56 Å². The number of methoxy groups -OCH3 is 5. The van der Waals surface area contributed by atoms with Crippen molar-refractivity contribution in [3.8, 4) is 23.0 Å². The van der Waals surface area contributed by atoms with E-state index in [0.717, 1.165) is 0 Å². The molecule has 0 saturated heterocycles. The summed E-state index contributed by atoms with van der Waals surface area (Å²) >= 11 is 0. The Bertz CT molecular complexity index is 948. The number of ketones is 1. The van der Waals surface area contributed by atoms with E-state index in [1.807, 2.05) is 0 Å². The van der Waals surface area contributed by atoms with Crippen LogP contribution in [0.1, 0.15) is 11.1 Å². The second kappa shape index (κ2) is 7.44. The van der Waals surface area contributed by atoms with Crippen LogP contribution in [0.25, 0.3) is 5.57 Å². The molecule has 7 heteroatoms. The first-order valence-electron chi connectivity index (χ1n) is 8.47. The van der Waals surface area contributed by atoms with Gasteiger partial charge in [0.1, 0.15) is 0 Å². The van der Waals surface area contributed by atoms with Gasteiger partial charge in [-0.05, 0) is 29.8 Å². The van der Waals surface area contributed by atoms with Gasteiger partial charge in [-0.2, -0.15) is 0 Å². The molecule has 0 fully saturated rings. The summed E-state index contributed by atoms with van der Waals surface area (Å²) in [7, 11) is 7.44. The van der Waals surface area contributed by atoms with Crippen LogP contribution in [-0.2, 0) is 15.1 Å². The van der Waals surface area contributed by atoms with Crippen molar-refractivity contribution in [3.05, 3.63) is 53.3 Å². The van der Waals surface area contributed by atoms with Crippen molar-refractivity contribution in [2.45, 2.75) is 5.60 Å². The van der Waals surface area contributed by atoms with Gasteiger partial charge < -0.3 is 28.8 Å².